The molecule has 0 bridgehead atoms. The summed E-state index contributed by atoms with van der Waals surface area (Å²) >= 11 is 5.04. The minimum absolute atomic E-state index is 0. The second kappa shape index (κ2) is 7.36. The molecule has 2 N–H and O–H groups in total. The normalized spacial score (nSPS) is 13.7. The molecule has 0 fully saturated rings. The van der Waals surface area contributed by atoms with Crippen LogP contribution in [0.5, 0.6) is 0 Å². The predicted octanol–water partition coefficient (Wildman–Crippen LogP) is 2.87. The van der Waals surface area contributed by atoms with Gasteiger partial charge < -0.3 is 10.6 Å². The number of carbonyl (C=O) groups excluding carboxylic acids is 1. The molecule has 0 saturated carbocycles. The maximum Gasteiger partial charge on any atom is 0.227 e. The van der Waals surface area contributed by atoms with Crippen molar-refractivity contribution in [3.05, 3.63) is 20.8 Å². The van der Waals surface area contributed by atoms with E-state index >= 15 is 0 Å². The molecule has 0 saturated heterocycles. The number of nitrogens with zero attached hydrogens (tertiary/aromatic N) is 1. The number of hydrogen-bond acceptors (Lipinski definition) is 3. The fraction of sp³-hybridized carbons (Fsp3) is 0.545. The van der Waals surface area contributed by atoms with Crippen LogP contribution in [0.4, 0.5) is 0 Å². The molecular weight excluding hydrogens is 324 g/mol. The number of thiophene rings is 1. The van der Waals surface area contributed by atoms with E-state index in [-0.39, 0.29) is 30.3 Å². The summed E-state index contributed by atoms with van der Waals surface area (Å²) in [5, 5.41) is 2.02. The second-order valence-electron chi connectivity index (χ2n) is 4.07. The predicted molar refractivity (Wildman–Crippen MR) is 78.6 cm³/mol. The van der Waals surface area contributed by atoms with Gasteiger partial charge >= 0.3 is 0 Å². The Labute approximate surface area is 121 Å². The van der Waals surface area contributed by atoms with Gasteiger partial charge in [0, 0.05) is 27.8 Å². The van der Waals surface area contributed by atoms with Crippen LogP contribution in [0.15, 0.2) is 15.9 Å². The van der Waals surface area contributed by atoms with Crippen molar-refractivity contribution < 1.29 is 4.79 Å². The number of carbonyl (C=O) groups is 1. The Morgan fingerprint density at radius 3 is 2.59 bits per heavy atom. The van der Waals surface area contributed by atoms with Crippen molar-refractivity contribution in [1.29, 1.82) is 0 Å². The lowest BCUT2D eigenvalue weighted by atomic mass is 10.0. The molecule has 0 aromatic carbocycles. The summed E-state index contributed by atoms with van der Waals surface area (Å²) in [6, 6.07) is 1.93. The maximum absolute atomic E-state index is 11.9. The Morgan fingerprint density at radius 1 is 1.59 bits per heavy atom. The molecule has 2 unspecified atom stereocenters. The lowest BCUT2D eigenvalue weighted by Crippen LogP contribution is -2.39. The van der Waals surface area contributed by atoms with Gasteiger partial charge in [0.1, 0.15) is 0 Å². The summed E-state index contributed by atoms with van der Waals surface area (Å²) in [5.41, 5.74) is 5.72. The molecule has 1 amide bonds. The SMILES string of the molecule is CC(N)C(C)C(=O)N(C)Cc1cc(Br)cs1.Cl. The quantitative estimate of drug-likeness (QED) is 0.915. The summed E-state index contributed by atoms with van der Waals surface area (Å²) in [4.78, 5) is 14.8. The third-order valence-corrected chi connectivity index (χ3v) is 4.25. The number of amides is 1. The van der Waals surface area contributed by atoms with Gasteiger partial charge in [-0.15, -0.1) is 23.7 Å². The molecular formula is C11H18BrClN2OS. The second-order valence-corrected chi connectivity index (χ2v) is 5.98. The average molecular weight is 342 g/mol. The third-order valence-electron chi connectivity index (χ3n) is 2.57. The smallest absolute Gasteiger partial charge is 0.227 e. The largest absolute Gasteiger partial charge is 0.340 e. The number of hydrogen-bond donors (Lipinski definition) is 1. The van der Waals surface area contributed by atoms with Crippen LogP contribution < -0.4 is 5.73 Å². The van der Waals surface area contributed by atoms with Crippen LogP contribution in [0, 0.1) is 5.92 Å². The number of halogens is 2. The summed E-state index contributed by atoms with van der Waals surface area (Å²) in [7, 11) is 1.81. The molecule has 3 nitrogen and oxygen atoms in total. The zero-order valence-corrected chi connectivity index (χ0v) is 13.4. The van der Waals surface area contributed by atoms with Crippen molar-refractivity contribution >= 4 is 45.6 Å². The molecule has 1 rings (SSSR count). The average Bonchev–Trinajstić information content (AvgIpc) is 2.61. The van der Waals surface area contributed by atoms with Crippen LogP contribution >= 0.6 is 39.7 Å². The van der Waals surface area contributed by atoms with E-state index in [0.29, 0.717) is 6.54 Å². The lowest BCUT2D eigenvalue weighted by Gasteiger charge is -2.22. The van der Waals surface area contributed by atoms with E-state index in [1.54, 1.807) is 16.2 Å². The van der Waals surface area contributed by atoms with Crippen LogP contribution in [0.25, 0.3) is 0 Å². The molecule has 0 aliphatic rings. The van der Waals surface area contributed by atoms with Gasteiger partial charge in [0.15, 0.2) is 0 Å². The van der Waals surface area contributed by atoms with Crippen LogP contribution in [0.1, 0.15) is 18.7 Å². The van der Waals surface area contributed by atoms with Crippen LogP contribution in [-0.2, 0) is 11.3 Å². The van der Waals surface area contributed by atoms with Gasteiger partial charge in [0.05, 0.1) is 12.5 Å². The van der Waals surface area contributed by atoms with Crippen LogP contribution in [0.2, 0.25) is 0 Å². The minimum atomic E-state index is -0.131. The Morgan fingerprint density at radius 2 is 2.18 bits per heavy atom. The van der Waals surface area contributed by atoms with Crippen molar-refractivity contribution in [1.82, 2.24) is 4.90 Å². The van der Waals surface area contributed by atoms with Gasteiger partial charge in [0.25, 0.3) is 0 Å². The first-order valence-electron chi connectivity index (χ1n) is 5.15. The van der Waals surface area contributed by atoms with Gasteiger partial charge in [0.2, 0.25) is 5.91 Å². The molecule has 0 aliphatic carbocycles. The summed E-state index contributed by atoms with van der Waals surface area (Å²) < 4.78 is 1.06. The molecule has 17 heavy (non-hydrogen) atoms. The molecule has 6 heteroatoms. The monoisotopic (exact) mass is 340 g/mol. The van der Waals surface area contributed by atoms with Crippen LogP contribution in [0.3, 0.4) is 0 Å². The fourth-order valence-corrected chi connectivity index (χ4v) is 2.82. The number of rotatable bonds is 4. The highest BCUT2D eigenvalue weighted by Crippen LogP contribution is 2.21. The van der Waals surface area contributed by atoms with Gasteiger partial charge in [-0.3, -0.25) is 4.79 Å². The minimum Gasteiger partial charge on any atom is -0.340 e. The summed E-state index contributed by atoms with van der Waals surface area (Å²) in [6.45, 7) is 4.37. The molecule has 2 atom stereocenters. The first kappa shape index (κ1) is 16.9. The Balaban J connectivity index is 0.00000256. The van der Waals surface area contributed by atoms with Crippen molar-refractivity contribution in [2.45, 2.75) is 26.4 Å². The van der Waals surface area contributed by atoms with E-state index in [1.165, 1.54) is 4.88 Å². The number of nitrogens with two attached hydrogens (primary N) is 1. The van der Waals surface area contributed by atoms with E-state index in [9.17, 15) is 4.79 Å². The van der Waals surface area contributed by atoms with E-state index in [4.69, 9.17) is 5.73 Å². The van der Waals surface area contributed by atoms with E-state index in [2.05, 4.69) is 15.9 Å². The van der Waals surface area contributed by atoms with Crippen molar-refractivity contribution in [3.63, 3.8) is 0 Å². The van der Waals surface area contributed by atoms with E-state index < -0.39 is 0 Å². The first-order chi connectivity index (χ1) is 7.41. The highest BCUT2D eigenvalue weighted by molar-refractivity contribution is 9.10. The molecule has 1 aromatic rings. The molecule has 98 valence electrons. The zero-order valence-electron chi connectivity index (χ0n) is 10.1. The Hall–Kier alpha value is -0.100. The van der Waals surface area contributed by atoms with Crippen molar-refractivity contribution in [2.24, 2.45) is 11.7 Å². The zero-order chi connectivity index (χ0) is 12.3. The van der Waals surface area contributed by atoms with Gasteiger partial charge in [-0.25, -0.2) is 0 Å². The molecule has 0 spiro atoms. The Bertz CT molecular complexity index is 370. The van der Waals surface area contributed by atoms with E-state index in [1.807, 2.05) is 32.3 Å². The highest BCUT2D eigenvalue weighted by Gasteiger charge is 2.21. The molecule has 0 aliphatic heterocycles. The van der Waals surface area contributed by atoms with Crippen LogP contribution in [-0.4, -0.2) is 23.9 Å². The lowest BCUT2D eigenvalue weighted by molar-refractivity contribution is -0.134. The first-order valence-corrected chi connectivity index (χ1v) is 6.82. The van der Waals surface area contributed by atoms with Gasteiger partial charge in [-0.2, -0.15) is 0 Å². The Kier molecular flexibility index (Phi) is 7.32. The summed E-state index contributed by atoms with van der Waals surface area (Å²) in [6.07, 6.45) is 0. The van der Waals surface area contributed by atoms with Gasteiger partial charge in [-0.05, 0) is 28.9 Å². The molecule has 1 heterocycles. The highest BCUT2D eigenvalue weighted by atomic mass is 79.9. The standard InChI is InChI=1S/C11H17BrN2OS.ClH/c1-7(8(2)13)11(15)14(3)5-10-4-9(12)6-16-10;/h4,6-8H,5,13H2,1-3H3;1H. The van der Waals surface area contributed by atoms with Gasteiger partial charge in [-0.1, -0.05) is 6.92 Å². The summed E-state index contributed by atoms with van der Waals surface area (Å²) in [5.74, 6) is -0.0343. The maximum atomic E-state index is 11.9. The third kappa shape index (κ3) is 4.95. The fourth-order valence-electron chi connectivity index (χ4n) is 1.32. The molecule has 1 aromatic heterocycles. The van der Waals surface area contributed by atoms with Crippen molar-refractivity contribution in [3.8, 4) is 0 Å². The van der Waals surface area contributed by atoms with E-state index in [0.717, 1.165) is 4.47 Å². The van der Waals surface area contributed by atoms with Crippen molar-refractivity contribution in [2.75, 3.05) is 7.05 Å². The molecule has 0 radical (unpaired) electrons. The topological polar surface area (TPSA) is 46.3 Å².